The van der Waals surface area contributed by atoms with Crippen molar-refractivity contribution in [3.8, 4) is 17.2 Å². The molecule has 0 saturated carbocycles. The van der Waals surface area contributed by atoms with Crippen molar-refractivity contribution in [1.82, 2.24) is 15.0 Å². The number of hydrogen-bond donors (Lipinski definition) is 4. The number of amides is 1. The molecule has 0 aliphatic rings. The van der Waals surface area contributed by atoms with Crippen LogP contribution >= 0.6 is 23.5 Å². The van der Waals surface area contributed by atoms with Gasteiger partial charge in [-0.3, -0.25) is 9.78 Å². The molecule has 1 aromatic heterocycles. The van der Waals surface area contributed by atoms with E-state index < -0.39 is 41.7 Å². The van der Waals surface area contributed by atoms with Crippen molar-refractivity contribution in [2.24, 2.45) is 0 Å². The number of unbranched alkanes of at least 4 members (excludes halogenated alkanes) is 1. The number of phenols is 1. The summed E-state index contributed by atoms with van der Waals surface area (Å²) in [7, 11) is -8.29. The number of pyridine rings is 1. The zero-order chi connectivity index (χ0) is 33.2. The molecule has 45 heavy (non-hydrogen) atoms. The number of halogens is 3. The van der Waals surface area contributed by atoms with Crippen LogP contribution in [0.1, 0.15) is 28.8 Å². The molecule has 0 saturated heterocycles. The second kappa shape index (κ2) is 16.1. The van der Waals surface area contributed by atoms with Gasteiger partial charge in [0.25, 0.3) is 0 Å². The van der Waals surface area contributed by atoms with Crippen LogP contribution in [-0.4, -0.2) is 67.7 Å². The molecule has 244 valence electrons. The lowest BCUT2D eigenvalue weighted by molar-refractivity contribution is -0.122. The van der Waals surface area contributed by atoms with Gasteiger partial charge in [-0.2, -0.15) is 13.5 Å². The Morgan fingerprint density at radius 1 is 1.11 bits per heavy atom. The molecule has 4 N–H and O–H groups in total. The number of nitrogens with zero attached hydrogens (tertiary/aromatic N) is 1. The van der Waals surface area contributed by atoms with Crippen LogP contribution in [0.15, 0.2) is 70.3 Å². The number of esters is 1. The number of alkyl halides is 2. The summed E-state index contributed by atoms with van der Waals surface area (Å²) in [5, 5.41) is 12.6. The fraction of sp³-hybridized carbons (Fsp3) is 0.296. The number of carbonyl (C=O) groups excluding carboxylic acids is 2. The van der Waals surface area contributed by atoms with Gasteiger partial charge in [-0.1, -0.05) is 12.1 Å². The molecule has 1 amide bonds. The lowest BCUT2D eigenvalue weighted by Crippen LogP contribution is -2.48. The molecule has 3 aromatic rings. The maximum absolute atomic E-state index is 13.2. The number of hydrogen-bond acceptors (Lipinski definition) is 10. The fourth-order valence-corrected chi connectivity index (χ4v) is 6.11. The van der Waals surface area contributed by atoms with E-state index >= 15 is 0 Å². The van der Waals surface area contributed by atoms with E-state index in [1.807, 2.05) is 0 Å². The van der Waals surface area contributed by atoms with Crippen LogP contribution in [0.3, 0.4) is 0 Å². The first-order valence-corrected chi connectivity index (χ1v) is 17.0. The van der Waals surface area contributed by atoms with E-state index in [1.165, 1.54) is 55.8 Å². The Labute approximate surface area is 265 Å². The van der Waals surface area contributed by atoms with E-state index in [0.717, 1.165) is 12.3 Å². The van der Waals surface area contributed by atoms with E-state index in [2.05, 4.69) is 40.2 Å². The molecule has 3 rings (SSSR count). The fourth-order valence-electron chi connectivity index (χ4n) is 3.80. The Morgan fingerprint density at radius 2 is 1.87 bits per heavy atom. The Hall–Kier alpha value is -3.63. The average molecular weight is 736 g/mol. The van der Waals surface area contributed by atoms with Crippen molar-refractivity contribution in [3.05, 3.63) is 76.5 Å². The highest BCUT2D eigenvalue weighted by Crippen LogP contribution is 2.50. The van der Waals surface area contributed by atoms with Crippen LogP contribution < -0.4 is 19.3 Å². The van der Waals surface area contributed by atoms with Crippen molar-refractivity contribution in [2.75, 3.05) is 20.3 Å². The van der Waals surface area contributed by atoms with E-state index in [4.69, 9.17) is 4.74 Å². The molecule has 0 bridgehead atoms. The van der Waals surface area contributed by atoms with Gasteiger partial charge >= 0.3 is 19.7 Å². The van der Waals surface area contributed by atoms with Gasteiger partial charge in [0.1, 0.15) is 33.7 Å². The smallest absolute Gasteiger partial charge is 0.442 e. The molecule has 18 heteroatoms. The molecule has 2 atom stereocenters. The molecular weight excluding hydrogens is 707 g/mol. The highest BCUT2D eigenvalue weighted by atomic mass is 79.9. The van der Waals surface area contributed by atoms with Crippen molar-refractivity contribution in [1.29, 1.82) is 0 Å². The van der Waals surface area contributed by atoms with Crippen LogP contribution in [0.5, 0.6) is 17.2 Å². The maximum Gasteiger partial charge on any atom is 0.442 e. The average Bonchev–Trinajstić information content (AvgIpc) is 2.99. The summed E-state index contributed by atoms with van der Waals surface area (Å²) >= 11 is 3.08. The molecule has 13 nitrogen and oxygen atoms in total. The quantitative estimate of drug-likeness (QED) is 0.0946. The van der Waals surface area contributed by atoms with Crippen molar-refractivity contribution in [2.45, 2.75) is 36.4 Å². The summed E-state index contributed by atoms with van der Waals surface area (Å²) in [6.45, 7) is 0.238. The minimum Gasteiger partial charge on any atom is -0.507 e. The topological polar surface area (TPSA) is 190 Å². The van der Waals surface area contributed by atoms with Crippen LogP contribution in [0.4, 0.5) is 8.78 Å². The number of rotatable bonds is 16. The van der Waals surface area contributed by atoms with Crippen molar-refractivity contribution >= 4 is 45.4 Å². The normalized spacial score (nSPS) is 13.5. The molecule has 0 aliphatic carbocycles. The Balaban J connectivity index is 1.66. The van der Waals surface area contributed by atoms with Gasteiger partial charge in [0.15, 0.2) is 0 Å². The van der Waals surface area contributed by atoms with Gasteiger partial charge in [0.05, 0.1) is 18.2 Å². The first-order valence-electron chi connectivity index (χ1n) is 13.1. The highest BCUT2D eigenvalue weighted by molar-refractivity contribution is 9.10. The monoisotopic (exact) mass is 735 g/mol. The molecule has 0 spiro atoms. The van der Waals surface area contributed by atoms with E-state index in [-0.39, 0.29) is 51.8 Å². The first-order chi connectivity index (χ1) is 21.2. The predicted molar refractivity (Wildman–Crippen MR) is 160 cm³/mol. The van der Waals surface area contributed by atoms with E-state index in [1.54, 1.807) is 0 Å². The maximum atomic E-state index is 13.2. The van der Waals surface area contributed by atoms with Gasteiger partial charge in [-0.25, -0.2) is 17.8 Å². The second-order valence-corrected chi connectivity index (χ2v) is 13.5. The molecular formula is C27H29BrF2N3O10PS. The minimum atomic E-state index is -5.25. The molecule has 0 fully saturated rings. The number of methoxy groups -OCH3 is 1. The van der Waals surface area contributed by atoms with Gasteiger partial charge in [-0.15, -0.1) is 0 Å². The lowest BCUT2D eigenvalue weighted by atomic mass is 10.1. The van der Waals surface area contributed by atoms with Gasteiger partial charge in [0, 0.05) is 18.9 Å². The summed E-state index contributed by atoms with van der Waals surface area (Å²) in [6.07, 6.45) is -0.548. The minimum absolute atomic E-state index is 0.0197. The number of aromatic hydroxyl groups is 1. The number of sulfonamides is 1. The highest BCUT2D eigenvalue weighted by Gasteiger charge is 2.35. The van der Waals surface area contributed by atoms with Crippen LogP contribution in [0, 0.1) is 0 Å². The summed E-state index contributed by atoms with van der Waals surface area (Å²) in [5.41, 5.74) is 0.233. The van der Waals surface area contributed by atoms with Crippen molar-refractivity contribution < 1.29 is 55.4 Å². The van der Waals surface area contributed by atoms with Gasteiger partial charge in [-0.05, 0) is 77.2 Å². The molecule has 0 radical (unpaired) electrons. The van der Waals surface area contributed by atoms with Crippen LogP contribution in [0.2, 0.25) is 0 Å². The summed E-state index contributed by atoms with van der Waals surface area (Å²) in [6, 6.07) is 9.45. The third kappa shape index (κ3) is 10.2. The van der Waals surface area contributed by atoms with Crippen LogP contribution in [-0.2, 0) is 30.5 Å². The number of ether oxygens (including phenoxy) is 2. The van der Waals surface area contributed by atoms with E-state index in [0.29, 0.717) is 18.4 Å². The summed E-state index contributed by atoms with van der Waals surface area (Å²) in [4.78, 5) is 38.0. The van der Waals surface area contributed by atoms with Crippen molar-refractivity contribution in [3.63, 3.8) is 0 Å². The molecule has 0 aliphatic heterocycles. The third-order valence-electron chi connectivity index (χ3n) is 5.99. The molecule has 1 unspecified atom stereocenters. The number of phenolic OH excluding ortho intramolecular Hbond substituents is 1. The molecule has 1 heterocycles. The van der Waals surface area contributed by atoms with Gasteiger partial charge in [0.2, 0.25) is 15.9 Å². The van der Waals surface area contributed by atoms with E-state index in [9.17, 15) is 41.4 Å². The Bertz CT molecular complexity index is 1650. The Kier molecular flexibility index (Phi) is 12.8. The zero-order valence-corrected chi connectivity index (χ0v) is 26.9. The number of aromatic nitrogens is 1. The summed E-state index contributed by atoms with van der Waals surface area (Å²) < 4.78 is 80.3. The number of nitrogens with one attached hydrogen (secondary N) is 2. The summed E-state index contributed by atoms with van der Waals surface area (Å²) in [5.74, 6) is -1.99. The standard InChI is InChI=1S/C27H29BrF2N3O10PS/c1-41-26(36)24-21(34)7-4-8-23(24)42-13-3-2-12-32-25(35)20(33-45(39,40)18-6-5-11-31-16-18)15-17-9-10-22(19(28)14-17)43-44(37,38)27(29)30/h4-11,14,16,20,27,33-34H,2-3,12-13,15H2,1H3,(H,32,35)(H,37,38)/t20-/m0/s1. The zero-order valence-electron chi connectivity index (χ0n) is 23.6. The SMILES string of the molecule is COC(=O)c1c(O)cccc1OCCCCNC(=O)[C@H](Cc1ccc(OP(=O)(O)C(F)F)c(Br)c1)NS(=O)(=O)c1cccnc1. The molecule has 2 aromatic carbocycles. The predicted octanol–water partition coefficient (Wildman–Crippen LogP) is 3.99. The van der Waals surface area contributed by atoms with Gasteiger partial charge < -0.3 is 29.3 Å². The Morgan fingerprint density at radius 3 is 2.51 bits per heavy atom. The number of benzene rings is 2. The third-order valence-corrected chi connectivity index (χ3v) is 9.02. The van der Waals surface area contributed by atoms with Crippen LogP contribution in [0.25, 0.3) is 0 Å². The largest absolute Gasteiger partial charge is 0.507 e. The number of carbonyl (C=O) groups is 2. The first kappa shape index (κ1) is 35.8. The lowest BCUT2D eigenvalue weighted by Gasteiger charge is -2.20. The second-order valence-electron chi connectivity index (χ2n) is 9.25.